The molecule has 0 aromatic carbocycles. The monoisotopic (exact) mass is 226 g/mol. The lowest BCUT2D eigenvalue weighted by Gasteiger charge is -1.93. The van der Waals surface area contributed by atoms with Crippen molar-refractivity contribution in [2.24, 2.45) is 7.05 Å². The average Bonchev–Trinajstić information content (AvgIpc) is 2.34. The summed E-state index contributed by atoms with van der Waals surface area (Å²) in [7, 11) is 1.75. The quantitative estimate of drug-likeness (QED) is 0.565. The van der Waals surface area contributed by atoms with Gasteiger partial charge in [0.1, 0.15) is 4.60 Å². The Morgan fingerprint density at radius 3 is 3.00 bits per heavy atom. The number of ketones is 1. The molecule has 1 heterocycles. The summed E-state index contributed by atoms with van der Waals surface area (Å²) in [6.07, 6.45) is 6.63. The van der Waals surface area contributed by atoms with Crippen LogP contribution in [0.15, 0.2) is 10.8 Å². The van der Waals surface area contributed by atoms with E-state index in [2.05, 4.69) is 26.9 Å². The Hall–Kier alpha value is -1.08. The van der Waals surface area contributed by atoms with Gasteiger partial charge in [-0.3, -0.25) is 9.48 Å². The van der Waals surface area contributed by atoms with Crippen molar-refractivity contribution < 1.29 is 4.79 Å². The number of hydrogen-bond donors (Lipinski definition) is 0. The second-order valence-corrected chi connectivity index (χ2v) is 3.03. The topological polar surface area (TPSA) is 34.9 Å². The zero-order valence-electron chi connectivity index (χ0n) is 6.54. The maximum absolute atomic E-state index is 11.3. The molecule has 0 radical (unpaired) electrons. The summed E-state index contributed by atoms with van der Waals surface area (Å²) in [5.41, 5.74) is 0.537. The van der Waals surface area contributed by atoms with E-state index in [9.17, 15) is 4.79 Å². The highest BCUT2D eigenvalue weighted by molar-refractivity contribution is 9.10. The molecule has 0 amide bonds. The van der Waals surface area contributed by atoms with Crippen LogP contribution in [-0.2, 0) is 7.05 Å². The number of halogens is 1. The Labute approximate surface area is 78.9 Å². The first kappa shape index (κ1) is 9.01. The van der Waals surface area contributed by atoms with E-state index in [1.54, 1.807) is 11.7 Å². The number of Topliss-reactive ketones (excluding diaryl/α,β-unsaturated/α-hetero) is 1. The fourth-order valence-corrected chi connectivity index (χ4v) is 1.21. The van der Waals surface area contributed by atoms with E-state index in [1.165, 1.54) is 6.20 Å². The molecule has 0 bridgehead atoms. The third kappa shape index (κ3) is 1.56. The van der Waals surface area contributed by atoms with Gasteiger partial charge in [0.15, 0.2) is 5.78 Å². The smallest absolute Gasteiger partial charge is 0.179 e. The van der Waals surface area contributed by atoms with E-state index in [1.807, 2.05) is 0 Å². The van der Waals surface area contributed by atoms with Gasteiger partial charge in [0.05, 0.1) is 18.2 Å². The fraction of sp³-hybridized carbons (Fsp3) is 0.250. The van der Waals surface area contributed by atoms with Crippen molar-refractivity contribution in [3.63, 3.8) is 0 Å². The molecule has 0 unspecified atom stereocenters. The van der Waals surface area contributed by atoms with Crippen LogP contribution in [0, 0.1) is 12.3 Å². The van der Waals surface area contributed by atoms with Gasteiger partial charge < -0.3 is 0 Å². The molecular weight excluding hydrogens is 220 g/mol. The molecule has 0 atom stereocenters. The number of terminal acetylenes is 1. The number of rotatable bonds is 2. The third-order valence-corrected chi connectivity index (χ3v) is 2.37. The van der Waals surface area contributed by atoms with Crippen molar-refractivity contribution in [2.45, 2.75) is 6.42 Å². The predicted molar refractivity (Wildman–Crippen MR) is 48.7 cm³/mol. The number of carbonyl (C=O) groups is 1. The second-order valence-electron chi connectivity index (χ2n) is 2.28. The van der Waals surface area contributed by atoms with Crippen LogP contribution in [0.2, 0.25) is 0 Å². The summed E-state index contributed by atoms with van der Waals surface area (Å²) >= 11 is 3.23. The Morgan fingerprint density at radius 2 is 2.58 bits per heavy atom. The molecule has 1 rings (SSSR count). The predicted octanol–water partition coefficient (Wildman–Crippen LogP) is 1.39. The van der Waals surface area contributed by atoms with Crippen molar-refractivity contribution >= 4 is 21.7 Å². The van der Waals surface area contributed by atoms with Gasteiger partial charge in [0.25, 0.3) is 0 Å². The van der Waals surface area contributed by atoms with Crippen molar-refractivity contribution in [2.75, 3.05) is 0 Å². The van der Waals surface area contributed by atoms with Gasteiger partial charge in [-0.15, -0.1) is 6.42 Å². The highest BCUT2D eigenvalue weighted by Crippen LogP contribution is 2.16. The minimum atomic E-state index is -0.0857. The maximum atomic E-state index is 11.3. The lowest BCUT2D eigenvalue weighted by molar-refractivity contribution is 0.0997. The zero-order valence-corrected chi connectivity index (χ0v) is 8.13. The number of carbonyl (C=O) groups excluding carboxylic acids is 1. The second kappa shape index (κ2) is 3.55. The van der Waals surface area contributed by atoms with Crippen LogP contribution in [-0.4, -0.2) is 15.6 Å². The fourth-order valence-electron chi connectivity index (χ4n) is 0.798. The minimum absolute atomic E-state index is 0.0857. The van der Waals surface area contributed by atoms with E-state index in [-0.39, 0.29) is 12.2 Å². The summed E-state index contributed by atoms with van der Waals surface area (Å²) in [5.74, 6) is 2.21. The minimum Gasteiger partial charge on any atom is -0.293 e. The number of aryl methyl sites for hydroxylation is 1. The van der Waals surface area contributed by atoms with Crippen molar-refractivity contribution in [3.05, 3.63) is 16.4 Å². The molecule has 3 nitrogen and oxygen atoms in total. The molecule has 12 heavy (non-hydrogen) atoms. The van der Waals surface area contributed by atoms with Crippen molar-refractivity contribution in [1.29, 1.82) is 0 Å². The van der Waals surface area contributed by atoms with Crippen LogP contribution in [0.25, 0.3) is 0 Å². The molecule has 0 spiro atoms. The SMILES string of the molecule is C#CCC(=O)c1cnn(C)c1Br. The maximum Gasteiger partial charge on any atom is 0.179 e. The molecule has 0 fully saturated rings. The van der Waals surface area contributed by atoms with Gasteiger partial charge in [-0.2, -0.15) is 5.10 Å². The molecule has 0 aliphatic rings. The van der Waals surface area contributed by atoms with Crippen molar-refractivity contribution in [3.8, 4) is 12.3 Å². The Bertz CT molecular complexity index is 348. The first-order valence-electron chi connectivity index (χ1n) is 3.31. The molecule has 4 heteroatoms. The third-order valence-electron chi connectivity index (χ3n) is 1.43. The Kier molecular flexibility index (Phi) is 2.66. The molecular formula is C8H7BrN2O. The number of hydrogen-bond acceptors (Lipinski definition) is 2. The summed E-state index contributed by atoms with van der Waals surface area (Å²) in [4.78, 5) is 11.3. The zero-order chi connectivity index (χ0) is 9.14. The van der Waals surface area contributed by atoms with Crippen LogP contribution in [0.4, 0.5) is 0 Å². The molecule has 0 saturated heterocycles. The largest absolute Gasteiger partial charge is 0.293 e. The van der Waals surface area contributed by atoms with Crippen LogP contribution in [0.1, 0.15) is 16.8 Å². The highest BCUT2D eigenvalue weighted by Gasteiger charge is 2.12. The molecule has 0 saturated carbocycles. The molecule has 0 aliphatic carbocycles. The van der Waals surface area contributed by atoms with Gasteiger partial charge >= 0.3 is 0 Å². The van der Waals surface area contributed by atoms with Crippen LogP contribution < -0.4 is 0 Å². The van der Waals surface area contributed by atoms with Gasteiger partial charge in [-0.25, -0.2) is 0 Å². The molecule has 1 aromatic heterocycles. The van der Waals surface area contributed by atoms with Crippen molar-refractivity contribution in [1.82, 2.24) is 9.78 Å². The van der Waals surface area contributed by atoms with Gasteiger partial charge in [-0.05, 0) is 15.9 Å². The van der Waals surface area contributed by atoms with Gasteiger partial charge in [0, 0.05) is 7.05 Å². The number of nitrogens with zero attached hydrogens (tertiary/aromatic N) is 2. The van der Waals surface area contributed by atoms with E-state index in [0.717, 1.165) is 0 Å². The molecule has 0 aliphatic heterocycles. The van der Waals surface area contributed by atoms with Crippen LogP contribution in [0.5, 0.6) is 0 Å². The summed E-state index contributed by atoms with van der Waals surface area (Å²) in [5, 5.41) is 3.90. The van der Waals surface area contributed by atoms with E-state index < -0.39 is 0 Å². The molecule has 1 aromatic rings. The van der Waals surface area contributed by atoms with Crippen LogP contribution in [0.3, 0.4) is 0 Å². The normalized spacial score (nSPS) is 9.42. The van der Waals surface area contributed by atoms with E-state index >= 15 is 0 Å². The lowest BCUT2D eigenvalue weighted by Crippen LogP contribution is -1.97. The Morgan fingerprint density at radius 1 is 1.92 bits per heavy atom. The first-order valence-corrected chi connectivity index (χ1v) is 4.10. The summed E-state index contributed by atoms with van der Waals surface area (Å²) in [6, 6.07) is 0. The highest BCUT2D eigenvalue weighted by atomic mass is 79.9. The first-order chi connectivity index (χ1) is 5.66. The molecule has 62 valence electrons. The van der Waals surface area contributed by atoms with E-state index in [4.69, 9.17) is 6.42 Å². The summed E-state index contributed by atoms with van der Waals surface area (Å²) < 4.78 is 2.24. The standard InChI is InChI=1S/C8H7BrN2O/c1-3-4-7(12)6-5-10-11(2)8(6)9/h1,5H,4H2,2H3. The van der Waals surface area contributed by atoms with E-state index in [0.29, 0.717) is 10.2 Å². The summed E-state index contributed by atoms with van der Waals surface area (Å²) in [6.45, 7) is 0. The van der Waals surface area contributed by atoms with Crippen LogP contribution >= 0.6 is 15.9 Å². The lowest BCUT2D eigenvalue weighted by atomic mass is 10.2. The average molecular weight is 227 g/mol. The van der Waals surface area contributed by atoms with Gasteiger partial charge in [0.2, 0.25) is 0 Å². The van der Waals surface area contributed by atoms with Gasteiger partial charge in [-0.1, -0.05) is 5.92 Å². The number of aromatic nitrogens is 2. The Balaban J connectivity index is 2.97. The molecule has 0 N–H and O–H groups in total.